The lowest BCUT2D eigenvalue weighted by atomic mass is 9.82. The van der Waals surface area contributed by atoms with Crippen molar-refractivity contribution in [3.63, 3.8) is 0 Å². The highest BCUT2D eigenvalue weighted by Gasteiger charge is 2.52. The third kappa shape index (κ3) is 36.4. The van der Waals surface area contributed by atoms with E-state index in [2.05, 4.69) is 5.32 Å². The monoisotopic (exact) mass is 1360 g/mol. The van der Waals surface area contributed by atoms with Gasteiger partial charge in [-0.1, -0.05) is 98.9 Å². The fourth-order valence-electron chi connectivity index (χ4n) is 10.4. The number of cyclic esters (lactones) is 1. The number of carbonyl (C=O) groups excluding carboxylic acids is 3. The molecule has 0 aromatic rings. The van der Waals surface area contributed by atoms with Crippen molar-refractivity contribution in [3.8, 4) is 0 Å². The van der Waals surface area contributed by atoms with Gasteiger partial charge in [0.05, 0.1) is 186 Å². The number of carbonyl (C=O) groups is 3. The number of rotatable bonds is 30. The number of aliphatic hydroxyl groups excluding tert-OH is 9. The van der Waals surface area contributed by atoms with Crippen molar-refractivity contribution in [1.82, 2.24) is 5.32 Å². The molecule has 13 N–H and O–H groups in total. The summed E-state index contributed by atoms with van der Waals surface area (Å²) >= 11 is 0. The molecule has 0 aromatic heterocycles. The van der Waals surface area contributed by atoms with Crippen LogP contribution in [0, 0.1) is 17.8 Å². The van der Waals surface area contributed by atoms with E-state index in [9.17, 15) is 65.4 Å². The highest BCUT2D eigenvalue weighted by atomic mass is 16.7. The van der Waals surface area contributed by atoms with E-state index in [1.165, 1.54) is 13.0 Å². The summed E-state index contributed by atoms with van der Waals surface area (Å²) in [5, 5.41) is 114. The van der Waals surface area contributed by atoms with E-state index in [0.29, 0.717) is 92.4 Å². The summed E-state index contributed by atoms with van der Waals surface area (Å²) in [5.41, 5.74) is 5.36. The van der Waals surface area contributed by atoms with Crippen LogP contribution in [0.25, 0.3) is 0 Å². The molecule has 2 bridgehead atoms. The van der Waals surface area contributed by atoms with E-state index >= 15 is 0 Å². The zero-order chi connectivity index (χ0) is 69.8. The van der Waals surface area contributed by atoms with Crippen molar-refractivity contribution in [2.45, 2.75) is 183 Å². The normalized spacial score (nSPS) is 34.8. The molecule has 3 aliphatic rings. The summed E-state index contributed by atoms with van der Waals surface area (Å²) in [6.45, 7) is 13.1. The first-order valence-corrected chi connectivity index (χ1v) is 33.0. The summed E-state index contributed by atoms with van der Waals surface area (Å²) in [6.07, 6.45) is 2.40. The third-order valence-electron chi connectivity index (χ3n) is 15.8. The van der Waals surface area contributed by atoms with Crippen LogP contribution in [-0.4, -0.2) is 286 Å². The van der Waals surface area contributed by atoms with Gasteiger partial charge < -0.3 is 124 Å². The number of hydrogen-bond donors (Lipinski definition) is 12. The first-order valence-electron chi connectivity index (χ1n) is 33.0. The van der Waals surface area contributed by atoms with Crippen molar-refractivity contribution in [2.75, 3.05) is 119 Å². The molecule has 28 nitrogen and oxygen atoms in total. The van der Waals surface area contributed by atoms with Gasteiger partial charge in [-0.15, -0.1) is 0 Å². The van der Waals surface area contributed by atoms with Gasteiger partial charge in [0, 0.05) is 50.5 Å². The lowest BCUT2D eigenvalue weighted by Gasteiger charge is -2.45. The summed E-state index contributed by atoms with van der Waals surface area (Å²) in [6, 6.07) is -1.31. The second-order valence-corrected chi connectivity index (χ2v) is 23.7. The Hall–Kier alpha value is -4.29. The Morgan fingerprint density at radius 3 is 1.54 bits per heavy atom. The van der Waals surface area contributed by atoms with Crippen LogP contribution in [0.1, 0.15) is 85.5 Å². The van der Waals surface area contributed by atoms with Gasteiger partial charge in [-0.05, 0) is 33.1 Å². The zero-order valence-corrected chi connectivity index (χ0v) is 55.9. The number of methoxy groups -OCH3 is 1. The molecule has 28 heteroatoms. The van der Waals surface area contributed by atoms with Crippen LogP contribution in [-0.2, 0) is 76.0 Å². The minimum Gasteiger partial charge on any atom is -0.469 e. The van der Waals surface area contributed by atoms with Gasteiger partial charge in [-0.25, -0.2) is 0 Å². The fraction of sp³-hybridized carbons (Fsp3) is 0.746. The van der Waals surface area contributed by atoms with E-state index in [-0.39, 0.29) is 57.8 Å². The molecule has 0 unspecified atom stereocenters. The van der Waals surface area contributed by atoms with E-state index < -0.39 is 153 Å². The standard InChI is InChI=1S/C67H112N2O26/c1-46-18-16-14-12-10-8-6-7-9-11-13-15-17-19-53(43-57-60(65(81)83-5)56(75)45-67(82,95-57)44-52(72)41-55(74)54(73)21-20-50(70)40-51(71)42-59(77)92-48(3)47(2)62(46)78)94-66-64(80)61(63(79)49(4)93-66)69-58(76)22-24-84-26-28-86-30-32-88-34-36-90-38-39-91-37-35-89-33-31-87-29-27-85-25-23-68/h6-19,46-57,60-64,66,70-75,78-80,82H,20-45,68H2,1-5H3,(H,69,76)/b7-6-,10-8-,11-9-,14-12-,15-13-,18-16-,19-17+/t46-,47-,48-,49+,50+,51+,52-,53-,54+,55+,56-,57-,60+,61-,62+,63+,64-,66-,67+/m0/s1. The molecule has 2 fully saturated rings. The van der Waals surface area contributed by atoms with E-state index in [1.54, 1.807) is 86.8 Å². The SMILES string of the molecule is COC(=O)[C@H]1[C@@H]2C[C@@H](O[C@@H]3O[C@H](C)[C@@H](O)[C@H](NC(=O)CCOCCOCCOCCOCCOCCOCCOCCOCCN)[C@@H]3O)/C=C/C=C\C=C/C=C\C=C/C=C\C=C/[C@H](C)[C@@H](O)[C@@H](C)[C@H](C)OC(=O)C[C@H](O)C[C@H](O)CC[C@@H](O)[C@H](O)C[C@H](O)C[C@](O)(C[C@@H]1O)O2. The van der Waals surface area contributed by atoms with Gasteiger partial charge in [-0.3, -0.25) is 14.4 Å². The predicted molar refractivity (Wildman–Crippen MR) is 346 cm³/mol. The lowest BCUT2D eigenvalue weighted by molar-refractivity contribution is -0.309. The number of fused-ring (bicyclic) bond motifs is 2. The number of ether oxygens (including phenoxy) is 13. The average molecular weight is 1360 g/mol. The van der Waals surface area contributed by atoms with Gasteiger partial charge in [0.25, 0.3) is 0 Å². The van der Waals surface area contributed by atoms with Gasteiger partial charge in [0.2, 0.25) is 5.91 Å². The van der Waals surface area contributed by atoms with Crippen molar-refractivity contribution in [3.05, 3.63) is 85.1 Å². The molecule has 1 amide bonds. The number of nitrogens with two attached hydrogens (primary N) is 1. The zero-order valence-electron chi connectivity index (χ0n) is 55.9. The molecule has 0 saturated carbocycles. The first kappa shape index (κ1) is 84.9. The first-order chi connectivity index (χ1) is 45.6. The lowest BCUT2D eigenvalue weighted by Crippen LogP contribution is -2.64. The molecule has 2 saturated heterocycles. The molecule has 3 aliphatic heterocycles. The van der Waals surface area contributed by atoms with Gasteiger partial charge in [0.15, 0.2) is 12.1 Å². The Morgan fingerprint density at radius 1 is 0.547 bits per heavy atom. The second kappa shape index (κ2) is 50.1. The van der Waals surface area contributed by atoms with Crippen LogP contribution in [0.3, 0.4) is 0 Å². The van der Waals surface area contributed by atoms with Crippen LogP contribution < -0.4 is 11.1 Å². The van der Waals surface area contributed by atoms with Gasteiger partial charge in [0.1, 0.15) is 24.2 Å². The maximum absolute atomic E-state index is 13.4. The number of hydrogen-bond acceptors (Lipinski definition) is 27. The van der Waals surface area contributed by atoms with E-state index in [0.717, 1.165) is 7.11 Å². The number of nitrogens with one attached hydrogen (secondary N) is 1. The van der Waals surface area contributed by atoms with Crippen LogP contribution in [0.15, 0.2) is 85.1 Å². The highest BCUT2D eigenvalue weighted by Crippen LogP contribution is 2.39. The maximum atomic E-state index is 13.4. The Balaban J connectivity index is 1.64. The number of aliphatic hydroxyl groups is 10. The summed E-state index contributed by atoms with van der Waals surface area (Å²) in [7, 11) is 1.10. The highest BCUT2D eigenvalue weighted by molar-refractivity contribution is 5.76. The summed E-state index contributed by atoms with van der Waals surface area (Å²) < 4.78 is 72.8. The summed E-state index contributed by atoms with van der Waals surface area (Å²) in [5.74, 6) is -6.78. The van der Waals surface area contributed by atoms with Crippen molar-refractivity contribution >= 4 is 17.8 Å². The Labute approximate surface area is 559 Å². The average Bonchev–Trinajstić information content (AvgIpc) is 0.791. The number of allylic oxidation sites excluding steroid dienone is 12. The topological polar surface area (TPSA) is 412 Å². The fourth-order valence-corrected chi connectivity index (χ4v) is 10.4. The van der Waals surface area contributed by atoms with Crippen LogP contribution in [0.5, 0.6) is 0 Å². The number of esters is 2. The van der Waals surface area contributed by atoms with E-state index in [1.807, 2.05) is 13.0 Å². The van der Waals surface area contributed by atoms with Crippen molar-refractivity contribution in [1.29, 1.82) is 0 Å². The largest absolute Gasteiger partial charge is 0.469 e. The maximum Gasteiger partial charge on any atom is 0.313 e. The Kier molecular flexibility index (Phi) is 44.8. The molecular weight excluding hydrogens is 1250 g/mol. The van der Waals surface area contributed by atoms with Crippen LogP contribution in [0.2, 0.25) is 0 Å². The number of amides is 1. The van der Waals surface area contributed by atoms with Crippen molar-refractivity contribution in [2.24, 2.45) is 23.5 Å². The molecule has 0 radical (unpaired) electrons. The third-order valence-corrected chi connectivity index (χ3v) is 15.8. The molecular formula is C67H112N2O26. The van der Waals surface area contributed by atoms with Crippen molar-refractivity contribution < 1.29 is 127 Å². The van der Waals surface area contributed by atoms with Gasteiger partial charge in [-0.2, -0.15) is 0 Å². The smallest absolute Gasteiger partial charge is 0.313 e. The Bertz CT molecular complexity index is 2270. The summed E-state index contributed by atoms with van der Waals surface area (Å²) in [4.78, 5) is 39.4. The molecule has 3 heterocycles. The van der Waals surface area contributed by atoms with Crippen LogP contribution in [0.4, 0.5) is 0 Å². The molecule has 0 spiro atoms. The minimum atomic E-state index is -2.35. The molecule has 3 rings (SSSR count). The molecule has 95 heavy (non-hydrogen) atoms. The Morgan fingerprint density at radius 2 is 1.03 bits per heavy atom. The molecule has 546 valence electrons. The molecule has 19 atom stereocenters. The van der Waals surface area contributed by atoms with E-state index in [4.69, 9.17) is 67.3 Å². The predicted octanol–water partition coefficient (Wildman–Crippen LogP) is 0.439. The van der Waals surface area contributed by atoms with Crippen LogP contribution >= 0.6 is 0 Å². The molecule has 0 aromatic carbocycles. The quantitative estimate of drug-likeness (QED) is 0.0343. The second-order valence-electron chi connectivity index (χ2n) is 23.7. The molecule has 0 aliphatic carbocycles. The van der Waals surface area contributed by atoms with Gasteiger partial charge >= 0.3 is 11.9 Å². The minimum absolute atomic E-state index is 0.0166.